The smallest absolute Gasteiger partial charge is 0.310 e. The van der Waals surface area contributed by atoms with Crippen molar-refractivity contribution in [3.05, 3.63) is 0 Å². The first-order valence-electron chi connectivity index (χ1n) is 8.57. The third-order valence-electron chi connectivity index (χ3n) is 3.80. The van der Waals surface area contributed by atoms with Crippen molar-refractivity contribution in [2.75, 3.05) is 32.8 Å². The highest BCUT2D eigenvalue weighted by Crippen LogP contribution is 2.20. The van der Waals surface area contributed by atoms with Crippen LogP contribution in [0.2, 0.25) is 0 Å². The number of nitrogens with one attached hydrogen (secondary N) is 1. The lowest BCUT2D eigenvalue weighted by Gasteiger charge is -2.34. The predicted molar refractivity (Wildman–Crippen MR) is 91.0 cm³/mol. The Kier molecular flexibility index (Phi) is 7.69. The number of aliphatic imine (C=N–C) groups is 1. The molecule has 0 aliphatic carbocycles. The van der Waals surface area contributed by atoms with E-state index in [1.165, 1.54) is 0 Å². The van der Waals surface area contributed by atoms with Crippen LogP contribution < -0.4 is 5.32 Å². The molecule has 1 N–H and O–H groups in total. The minimum absolute atomic E-state index is 0.0276. The molecule has 1 aliphatic heterocycles. The van der Waals surface area contributed by atoms with Gasteiger partial charge in [-0.2, -0.15) is 0 Å². The van der Waals surface area contributed by atoms with Crippen molar-refractivity contribution in [2.45, 2.75) is 53.9 Å². The lowest BCUT2D eigenvalue weighted by molar-refractivity contribution is -0.149. The fourth-order valence-corrected chi connectivity index (χ4v) is 2.55. The molecule has 1 unspecified atom stereocenters. The van der Waals surface area contributed by atoms with E-state index < -0.39 is 0 Å². The second kappa shape index (κ2) is 9.01. The zero-order valence-electron chi connectivity index (χ0n) is 14.9. The van der Waals surface area contributed by atoms with E-state index >= 15 is 0 Å². The van der Waals surface area contributed by atoms with Crippen LogP contribution in [-0.4, -0.2) is 49.6 Å². The molecule has 1 fully saturated rings. The highest BCUT2D eigenvalue weighted by Gasteiger charge is 2.28. The van der Waals surface area contributed by atoms with Gasteiger partial charge in [0.2, 0.25) is 0 Å². The van der Waals surface area contributed by atoms with Gasteiger partial charge >= 0.3 is 5.97 Å². The van der Waals surface area contributed by atoms with Gasteiger partial charge in [-0.1, -0.05) is 20.8 Å². The maximum absolute atomic E-state index is 12.0. The molecule has 0 amide bonds. The first-order chi connectivity index (χ1) is 10.4. The molecule has 0 radical (unpaired) electrons. The molecule has 1 rings (SSSR count). The number of ether oxygens (including phenoxy) is 1. The summed E-state index contributed by atoms with van der Waals surface area (Å²) in [6.07, 6.45) is 2.97. The molecule has 0 saturated carbocycles. The Labute approximate surface area is 135 Å². The van der Waals surface area contributed by atoms with E-state index in [0.717, 1.165) is 44.9 Å². The Morgan fingerprint density at radius 1 is 1.36 bits per heavy atom. The van der Waals surface area contributed by atoms with Gasteiger partial charge in [0.1, 0.15) is 0 Å². The first-order valence-corrected chi connectivity index (χ1v) is 8.57. The molecule has 22 heavy (non-hydrogen) atoms. The van der Waals surface area contributed by atoms with Crippen molar-refractivity contribution >= 4 is 11.9 Å². The molecular formula is C17H33N3O2. The number of carbonyl (C=O) groups is 1. The monoisotopic (exact) mass is 311 g/mol. The van der Waals surface area contributed by atoms with Crippen molar-refractivity contribution < 1.29 is 9.53 Å². The number of esters is 1. The number of nitrogens with zero attached hydrogens (tertiary/aromatic N) is 2. The summed E-state index contributed by atoms with van der Waals surface area (Å²) in [5.74, 6) is 0.832. The summed E-state index contributed by atoms with van der Waals surface area (Å²) < 4.78 is 5.17. The Balaban J connectivity index is 2.65. The molecular weight excluding hydrogens is 278 g/mol. The number of rotatable bonds is 5. The molecule has 1 aliphatic rings. The Hall–Kier alpha value is -1.26. The second-order valence-electron chi connectivity index (χ2n) is 7.08. The third kappa shape index (κ3) is 6.67. The Bertz CT molecular complexity index is 375. The lowest BCUT2D eigenvalue weighted by Crippen LogP contribution is -2.48. The number of carbonyl (C=O) groups excluding carboxylic acids is 1. The van der Waals surface area contributed by atoms with E-state index in [2.05, 4.69) is 37.9 Å². The number of guanidine groups is 1. The van der Waals surface area contributed by atoms with Gasteiger partial charge in [0.15, 0.2) is 5.96 Å². The van der Waals surface area contributed by atoms with E-state index in [-0.39, 0.29) is 17.3 Å². The van der Waals surface area contributed by atoms with Crippen LogP contribution >= 0.6 is 0 Å². The van der Waals surface area contributed by atoms with Gasteiger partial charge in [0, 0.05) is 26.2 Å². The molecule has 5 nitrogen and oxygen atoms in total. The van der Waals surface area contributed by atoms with Gasteiger partial charge in [-0.25, -0.2) is 0 Å². The van der Waals surface area contributed by atoms with Gasteiger partial charge in [-0.15, -0.1) is 0 Å². The molecule has 1 heterocycles. The van der Waals surface area contributed by atoms with Crippen LogP contribution in [0.5, 0.6) is 0 Å². The SMILES string of the molecule is CCNC(=NCCC(C)(C)C)N1CCCC(C(=O)OCC)C1. The largest absolute Gasteiger partial charge is 0.466 e. The average Bonchev–Trinajstić information content (AvgIpc) is 2.45. The minimum Gasteiger partial charge on any atom is -0.466 e. The fourth-order valence-electron chi connectivity index (χ4n) is 2.55. The summed E-state index contributed by atoms with van der Waals surface area (Å²) in [6, 6.07) is 0. The Morgan fingerprint density at radius 3 is 2.68 bits per heavy atom. The van der Waals surface area contributed by atoms with Gasteiger partial charge in [0.25, 0.3) is 0 Å². The quantitative estimate of drug-likeness (QED) is 0.482. The third-order valence-corrected chi connectivity index (χ3v) is 3.80. The first kappa shape index (κ1) is 18.8. The van der Waals surface area contributed by atoms with E-state index in [1.54, 1.807) is 0 Å². The molecule has 1 atom stereocenters. The number of likely N-dealkylation sites (tertiary alicyclic amines) is 1. The van der Waals surface area contributed by atoms with Gasteiger partial charge in [0.05, 0.1) is 12.5 Å². The maximum atomic E-state index is 12.0. The van der Waals surface area contributed by atoms with Crippen molar-refractivity contribution in [1.82, 2.24) is 10.2 Å². The van der Waals surface area contributed by atoms with Crippen LogP contribution in [0.15, 0.2) is 4.99 Å². The lowest BCUT2D eigenvalue weighted by atomic mass is 9.92. The molecule has 1 saturated heterocycles. The predicted octanol–water partition coefficient (Wildman–Crippen LogP) is 2.66. The zero-order chi connectivity index (χ0) is 16.6. The summed E-state index contributed by atoms with van der Waals surface area (Å²) in [5, 5.41) is 3.35. The maximum Gasteiger partial charge on any atom is 0.310 e. The highest BCUT2D eigenvalue weighted by molar-refractivity contribution is 5.81. The highest BCUT2D eigenvalue weighted by atomic mass is 16.5. The zero-order valence-corrected chi connectivity index (χ0v) is 14.9. The molecule has 0 bridgehead atoms. The molecule has 0 spiro atoms. The summed E-state index contributed by atoms with van der Waals surface area (Å²) in [4.78, 5) is 18.9. The van der Waals surface area contributed by atoms with Crippen molar-refractivity contribution in [1.29, 1.82) is 0 Å². The van der Waals surface area contributed by atoms with Crippen LogP contribution in [0.25, 0.3) is 0 Å². The summed E-state index contributed by atoms with van der Waals surface area (Å²) >= 11 is 0. The van der Waals surface area contributed by atoms with Crippen molar-refractivity contribution in [3.8, 4) is 0 Å². The summed E-state index contributed by atoms with van der Waals surface area (Å²) in [6.45, 7) is 14.4. The van der Waals surface area contributed by atoms with Gasteiger partial charge in [-0.3, -0.25) is 9.79 Å². The summed E-state index contributed by atoms with van der Waals surface area (Å²) in [7, 11) is 0. The minimum atomic E-state index is -0.0715. The molecule has 5 heteroatoms. The van der Waals surface area contributed by atoms with Crippen LogP contribution in [0.1, 0.15) is 53.9 Å². The standard InChI is InChI=1S/C17H33N3O2/c1-6-18-16(19-11-10-17(3,4)5)20-12-8-9-14(13-20)15(21)22-7-2/h14H,6-13H2,1-5H3,(H,18,19). The molecule has 0 aromatic rings. The average molecular weight is 311 g/mol. The van der Waals surface area contributed by atoms with Crippen LogP contribution in [0, 0.1) is 11.3 Å². The van der Waals surface area contributed by atoms with Crippen LogP contribution in [0.4, 0.5) is 0 Å². The normalized spacial score (nSPS) is 20.0. The molecule has 0 aromatic carbocycles. The number of hydrogen-bond donors (Lipinski definition) is 1. The van der Waals surface area contributed by atoms with E-state index in [1.807, 2.05) is 6.92 Å². The fraction of sp³-hybridized carbons (Fsp3) is 0.882. The second-order valence-corrected chi connectivity index (χ2v) is 7.08. The molecule has 0 aromatic heterocycles. The number of piperidine rings is 1. The molecule has 128 valence electrons. The Morgan fingerprint density at radius 2 is 2.09 bits per heavy atom. The van der Waals surface area contributed by atoms with Gasteiger partial charge in [-0.05, 0) is 38.5 Å². The van der Waals surface area contributed by atoms with E-state index in [4.69, 9.17) is 9.73 Å². The topological polar surface area (TPSA) is 53.9 Å². The van der Waals surface area contributed by atoms with Crippen LogP contribution in [-0.2, 0) is 9.53 Å². The van der Waals surface area contributed by atoms with E-state index in [0.29, 0.717) is 13.2 Å². The van der Waals surface area contributed by atoms with E-state index in [9.17, 15) is 4.79 Å². The number of hydrogen-bond acceptors (Lipinski definition) is 3. The van der Waals surface area contributed by atoms with Gasteiger partial charge < -0.3 is 15.0 Å². The van der Waals surface area contributed by atoms with Crippen molar-refractivity contribution in [3.63, 3.8) is 0 Å². The van der Waals surface area contributed by atoms with Crippen LogP contribution in [0.3, 0.4) is 0 Å². The van der Waals surface area contributed by atoms with Crippen molar-refractivity contribution in [2.24, 2.45) is 16.3 Å². The summed E-state index contributed by atoms with van der Waals surface area (Å²) in [5.41, 5.74) is 0.288.